The monoisotopic (exact) mass is 544 g/mol. The van der Waals surface area contributed by atoms with Crippen molar-refractivity contribution in [1.29, 1.82) is 0 Å². The minimum absolute atomic E-state index is 0.484. The number of hydrogen-bond acceptors (Lipinski definition) is 2. The summed E-state index contributed by atoms with van der Waals surface area (Å²) in [4.78, 5) is 2.26. The van der Waals surface area contributed by atoms with E-state index in [1.54, 1.807) is 0 Å². The van der Waals surface area contributed by atoms with Crippen molar-refractivity contribution < 1.29 is 4.74 Å². The lowest BCUT2D eigenvalue weighted by atomic mass is 10.0. The Morgan fingerprint density at radius 3 is 1.51 bits per heavy atom. The molecule has 0 aliphatic carbocycles. The maximum atomic E-state index is 6.36. The Bertz CT molecular complexity index is 574. The first-order valence-electron chi connectivity index (χ1n) is 17.1. The smallest absolute Gasteiger partial charge is 0.0575 e. The van der Waals surface area contributed by atoms with E-state index in [1.807, 2.05) is 0 Å². The summed E-state index contributed by atoms with van der Waals surface area (Å²) in [6.07, 6.45) is 47.4. The van der Waals surface area contributed by atoms with E-state index in [0.717, 1.165) is 38.8 Å². The fourth-order valence-corrected chi connectivity index (χ4v) is 4.85. The molecule has 2 nitrogen and oxygen atoms in total. The molecule has 0 aromatic carbocycles. The molecule has 0 aliphatic rings. The quantitative estimate of drug-likeness (QED) is 0.0659. The van der Waals surface area contributed by atoms with Gasteiger partial charge >= 0.3 is 0 Å². The largest absolute Gasteiger partial charge is 0.378 e. The molecular formula is C37H69NO. The van der Waals surface area contributed by atoms with Gasteiger partial charge in [-0.1, -0.05) is 133 Å². The zero-order valence-electron chi connectivity index (χ0n) is 27.0. The maximum absolute atomic E-state index is 6.36. The van der Waals surface area contributed by atoms with Crippen LogP contribution in [0.25, 0.3) is 0 Å². The molecule has 39 heavy (non-hydrogen) atoms. The summed E-state index contributed by atoms with van der Waals surface area (Å²) < 4.78 is 6.36. The van der Waals surface area contributed by atoms with Crippen LogP contribution in [0.3, 0.4) is 0 Å². The Kier molecular flexibility index (Phi) is 32.1. The highest BCUT2D eigenvalue weighted by atomic mass is 16.5. The zero-order chi connectivity index (χ0) is 28.5. The van der Waals surface area contributed by atoms with Crippen LogP contribution in [0.2, 0.25) is 0 Å². The van der Waals surface area contributed by atoms with Crippen LogP contribution >= 0.6 is 0 Å². The van der Waals surface area contributed by atoms with E-state index >= 15 is 0 Å². The number of allylic oxidation sites excluding steroid dienone is 8. The molecule has 0 aromatic heterocycles. The molecule has 0 rings (SSSR count). The second-order valence-electron chi connectivity index (χ2n) is 11.6. The normalized spacial score (nSPS) is 13.4. The SMILES string of the molecule is CC/C=C\C/C=C\C/C=C\CCCCCCCCC(CCCCCCCC/C=C\CCC)OCCCN(C)C. The van der Waals surface area contributed by atoms with Gasteiger partial charge in [-0.25, -0.2) is 0 Å². The van der Waals surface area contributed by atoms with E-state index in [-0.39, 0.29) is 0 Å². The maximum Gasteiger partial charge on any atom is 0.0575 e. The Morgan fingerprint density at radius 2 is 0.974 bits per heavy atom. The van der Waals surface area contributed by atoms with Crippen LogP contribution in [-0.2, 0) is 4.74 Å². The van der Waals surface area contributed by atoms with Gasteiger partial charge in [0, 0.05) is 6.61 Å². The molecule has 0 spiro atoms. The van der Waals surface area contributed by atoms with E-state index in [9.17, 15) is 0 Å². The minimum atomic E-state index is 0.484. The Hall–Kier alpha value is -1.12. The summed E-state index contributed by atoms with van der Waals surface area (Å²) in [5.41, 5.74) is 0. The first-order chi connectivity index (χ1) is 19.2. The van der Waals surface area contributed by atoms with E-state index < -0.39 is 0 Å². The summed E-state index contributed by atoms with van der Waals surface area (Å²) in [6, 6.07) is 0. The molecule has 2 heteroatoms. The standard InChI is InChI=1S/C37H69NO/c1-5-7-9-11-13-15-17-18-19-20-21-23-25-27-29-31-34-37(39-36-32-35-38(3)4)33-30-28-26-24-22-16-14-12-10-8-6-2/h7,9-10,12-13,15,18-19,37H,5-6,8,11,14,16-17,20-36H2,1-4H3/b9-7-,12-10-,15-13-,19-18-. The number of nitrogens with zero attached hydrogens (tertiary/aromatic N) is 1. The first kappa shape index (κ1) is 37.9. The molecule has 228 valence electrons. The third kappa shape index (κ3) is 33.0. The highest BCUT2D eigenvalue weighted by Crippen LogP contribution is 2.17. The molecule has 0 bridgehead atoms. The Labute approximate surface area is 246 Å². The molecule has 0 N–H and O–H groups in total. The van der Waals surface area contributed by atoms with E-state index in [0.29, 0.717) is 6.10 Å². The number of hydrogen-bond donors (Lipinski definition) is 0. The molecule has 0 fully saturated rings. The van der Waals surface area contributed by atoms with Crippen molar-refractivity contribution in [2.24, 2.45) is 0 Å². The van der Waals surface area contributed by atoms with Gasteiger partial charge in [-0.05, 0) is 91.3 Å². The van der Waals surface area contributed by atoms with Gasteiger partial charge in [0.05, 0.1) is 6.10 Å². The second kappa shape index (κ2) is 33.1. The summed E-state index contributed by atoms with van der Waals surface area (Å²) in [5, 5.41) is 0. The molecule has 0 aromatic rings. The lowest BCUT2D eigenvalue weighted by Gasteiger charge is -2.19. The third-order valence-electron chi connectivity index (χ3n) is 7.30. The third-order valence-corrected chi connectivity index (χ3v) is 7.30. The van der Waals surface area contributed by atoms with Gasteiger partial charge in [0.2, 0.25) is 0 Å². The topological polar surface area (TPSA) is 12.5 Å². The highest BCUT2D eigenvalue weighted by molar-refractivity contribution is 4.96. The molecule has 0 saturated carbocycles. The fraction of sp³-hybridized carbons (Fsp3) is 0.784. The van der Waals surface area contributed by atoms with Crippen LogP contribution in [0.1, 0.15) is 155 Å². The molecule has 0 saturated heterocycles. The Balaban J connectivity index is 3.83. The number of ether oxygens (including phenoxy) is 1. The number of rotatable bonds is 30. The fourth-order valence-electron chi connectivity index (χ4n) is 4.85. The molecule has 0 aliphatic heterocycles. The second-order valence-corrected chi connectivity index (χ2v) is 11.6. The van der Waals surface area contributed by atoms with Crippen LogP contribution in [-0.4, -0.2) is 38.3 Å². The number of unbranched alkanes of at least 4 members (excludes halogenated alkanes) is 13. The van der Waals surface area contributed by atoms with Crippen LogP contribution in [0, 0.1) is 0 Å². The minimum Gasteiger partial charge on any atom is -0.378 e. The van der Waals surface area contributed by atoms with Gasteiger partial charge in [-0.3, -0.25) is 0 Å². The van der Waals surface area contributed by atoms with Crippen molar-refractivity contribution >= 4 is 0 Å². The van der Waals surface area contributed by atoms with E-state index in [2.05, 4.69) is 81.5 Å². The van der Waals surface area contributed by atoms with Crippen molar-refractivity contribution in [3.8, 4) is 0 Å². The summed E-state index contributed by atoms with van der Waals surface area (Å²) >= 11 is 0. The van der Waals surface area contributed by atoms with Gasteiger partial charge in [-0.2, -0.15) is 0 Å². The molecule has 0 amide bonds. The predicted octanol–water partition coefficient (Wildman–Crippen LogP) is 11.8. The summed E-state index contributed by atoms with van der Waals surface area (Å²) in [6.45, 7) is 6.49. The van der Waals surface area contributed by atoms with Crippen LogP contribution in [0.15, 0.2) is 48.6 Å². The molecular weight excluding hydrogens is 474 g/mol. The van der Waals surface area contributed by atoms with Crippen molar-refractivity contribution in [1.82, 2.24) is 4.90 Å². The summed E-state index contributed by atoms with van der Waals surface area (Å²) in [7, 11) is 4.31. The zero-order valence-corrected chi connectivity index (χ0v) is 27.0. The average molecular weight is 544 g/mol. The Morgan fingerprint density at radius 1 is 0.513 bits per heavy atom. The van der Waals surface area contributed by atoms with Gasteiger partial charge in [-0.15, -0.1) is 0 Å². The van der Waals surface area contributed by atoms with Crippen LogP contribution in [0.5, 0.6) is 0 Å². The van der Waals surface area contributed by atoms with Crippen LogP contribution in [0.4, 0.5) is 0 Å². The molecule has 1 unspecified atom stereocenters. The van der Waals surface area contributed by atoms with E-state index in [4.69, 9.17) is 4.74 Å². The van der Waals surface area contributed by atoms with Crippen LogP contribution < -0.4 is 0 Å². The first-order valence-corrected chi connectivity index (χ1v) is 17.1. The van der Waals surface area contributed by atoms with Crippen molar-refractivity contribution in [2.75, 3.05) is 27.2 Å². The lowest BCUT2D eigenvalue weighted by molar-refractivity contribution is 0.0342. The molecule has 0 heterocycles. The van der Waals surface area contributed by atoms with Crippen molar-refractivity contribution in [3.63, 3.8) is 0 Å². The lowest BCUT2D eigenvalue weighted by Crippen LogP contribution is -2.18. The summed E-state index contributed by atoms with van der Waals surface area (Å²) in [5.74, 6) is 0. The van der Waals surface area contributed by atoms with Gasteiger partial charge in [0.25, 0.3) is 0 Å². The average Bonchev–Trinajstić information content (AvgIpc) is 2.93. The predicted molar refractivity (Wildman–Crippen MR) is 178 cm³/mol. The van der Waals surface area contributed by atoms with Gasteiger partial charge in [0.15, 0.2) is 0 Å². The van der Waals surface area contributed by atoms with E-state index in [1.165, 1.54) is 116 Å². The molecule has 1 atom stereocenters. The van der Waals surface area contributed by atoms with Gasteiger partial charge in [0.1, 0.15) is 0 Å². The van der Waals surface area contributed by atoms with Gasteiger partial charge < -0.3 is 9.64 Å². The highest BCUT2D eigenvalue weighted by Gasteiger charge is 2.09. The molecule has 0 radical (unpaired) electrons. The van der Waals surface area contributed by atoms with Crippen molar-refractivity contribution in [3.05, 3.63) is 48.6 Å². The van der Waals surface area contributed by atoms with Crippen molar-refractivity contribution in [2.45, 2.75) is 161 Å².